The highest BCUT2D eigenvalue weighted by Crippen LogP contribution is 2.20. The number of benzene rings is 1. The van der Waals surface area contributed by atoms with Crippen LogP contribution in [-0.4, -0.2) is 44.5 Å². The molecular formula is C18H26N2O3S. The van der Waals surface area contributed by atoms with Crippen molar-refractivity contribution in [2.24, 2.45) is 0 Å². The minimum Gasteiger partial charge on any atom is -0.351 e. The third kappa shape index (κ3) is 6.09. The first kappa shape index (κ1) is 18.7. The molecule has 0 atom stereocenters. The Hall–Kier alpha value is -1.66. The lowest BCUT2D eigenvalue weighted by molar-refractivity contribution is 0.0951. The molecule has 132 valence electrons. The molecule has 0 saturated carbocycles. The van der Waals surface area contributed by atoms with E-state index in [1.165, 1.54) is 29.0 Å². The zero-order valence-corrected chi connectivity index (χ0v) is 15.0. The van der Waals surface area contributed by atoms with Gasteiger partial charge < -0.3 is 5.32 Å². The normalized spacial score (nSPS) is 15.2. The second-order valence-electron chi connectivity index (χ2n) is 6.14. The summed E-state index contributed by atoms with van der Waals surface area (Å²) in [4.78, 5) is 12.0. The van der Waals surface area contributed by atoms with Crippen LogP contribution in [0.3, 0.4) is 0 Å². The lowest BCUT2D eigenvalue weighted by atomic mass is 9.97. The standard InChI is InChI=1S/C18H26N2O3S/c1-24(22,23)20(14-12-16-8-4-2-5-9-16)15-13-19-18(21)17-10-6-3-7-11-17/h3,6-8,10-11H,2,4-5,9,12-15H2,1H3,(H,19,21). The summed E-state index contributed by atoms with van der Waals surface area (Å²) in [5.74, 6) is -0.181. The van der Waals surface area contributed by atoms with Crippen molar-refractivity contribution in [1.82, 2.24) is 9.62 Å². The summed E-state index contributed by atoms with van der Waals surface area (Å²) in [6.07, 6.45) is 8.83. The molecule has 0 unspecified atom stereocenters. The van der Waals surface area contributed by atoms with Gasteiger partial charge in [0.2, 0.25) is 10.0 Å². The second kappa shape index (κ2) is 8.99. The van der Waals surface area contributed by atoms with Crippen LogP contribution in [0.2, 0.25) is 0 Å². The first-order chi connectivity index (χ1) is 11.5. The summed E-state index contributed by atoms with van der Waals surface area (Å²) < 4.78 is 25.3. The molecule has 0 fully saturated rings. The van der Waals surface area contributed by atoms with Crippen molar-refractivity contribution in [2.75, 3.05) is 25.9 Å². The van der Waals surface area contributed by atoms with Crippen LogP contribution in [0.5, 0.6) is 0 Å². The van der Waals surface area contributed by atoms with E-state index in [1.807, 2.05) is 6.07 Å². The summed E-state index contributed by atoms with van der Waals surface area (Å²) in [6.45, 7) is 1.08. The Balaban J connectivity index is 1.83. The molecule has 1 aromatic carbocycles. The van der Waals surface area contributed by atoms with Crippen LogP contribution >= 0.6 is 0 Å². The third-order valence-corrected chi connectivity index (χ3v) is 5.52. The molecule has 0 radical (unpaired) electrons. The van der Waals surface area contributed by atoms with Gasteiger partial charge in [-0.15, -0.1) is 0 Å². The zero-order valence-electron chi connectivity index (χ0n) is 14.2. The van der Waals surface area contributed by atoms with E-state index >= 15 is 0 Å². The Morgan fingerprint density at radius 3 is 2.54 bits per heavy atom. The van der Waals surface area contributed by atoms with Gasteiger partial charge in [-0.2, -0.15) is 0 Å². The number of nitrogens with one attached hydrogen (secondary N) is 1. The van der Waals surface area contributed by atoms with Crippen molar-refractivity contribution >= 4 is 15.9 Å². The van der Waals surface area contributed by atoms with Crippen molar-refractivity contribution in [2.45, 2.75) is 32.1 Å². The monoisotopic (exact) mass is 350 g/mol. The van der Waals surface area contributed by atoms with Crippen LogP contribution < -0.4 is 5.32 Å². The Morgan fingerprint density at radius 2 is 1.92 bits per heavy atom. The number of carbonyl (C=O) groups excluding carboxylic acids is 1. The molecule has 1 amide bonds. The van der Waals surface area contributed by atoms with Gasteiger partial charge in [-0.05, 0) is 44.2 Å². The highest BCUT2D eigenvalue weighted by atomic mass is 32.2. The second-order valence-corrected chi connectivity index (χ2v) is 8.12. The molecule has 0 bridgehead atoms. The molecule has 0 aliphatic heterocycles. The fourth-order valence-electron chi connectivity index (χ4n) is 2.83. The van der Waals surface area contributed by atoms with E-state index in [1.54, 1.807) is 24.3 Å². The average Bonchev–Trinajstić information content (AvgIpc) is 2.58. The van der Waals surface area contributed by atoms with E-state index < -0.39 is 10.0 Å². The SMILES string of the molecule is CS(=O)(=O)N(CCNC(=O)c1ccccc1)CCC1=CCCCC1. The highest BCUT2D eigenvalue weighted by Gasteiger charge is 2.17. The van der Waals surface area contributed by atoms with Gasteiger partial charge in [0.1, 0.15) is 0 Å². The molecule has 1 aliphatic carbocycles. The van der Waals surface area contributed by atoms with Crippen LogP contribution in [0.4, 0.5) is 0 Å². The lowest BCUT2D eigenvalue weighted by Crippen LogP contribution is -2.38. The van der Waals surface area contributed by atoms with Crippen LogP contribution in [0.15, 0.2) is 42.0 Å². The van der Waals surface area contributed by atoms with Gasteiger partial charge in [-0.25, -0.2) is 12.7 Å². The maximum absolute atomic E-state index is 12.0. The minimum atomic E-state index is -3.27. The first-order valence-corrected chi connectivity index (χ1v) is 10.3. The number of carbonyl (C=O) groups is 1. The van der Waals surface area contributed by atoms with Crippen molar-refractivity contribution in [1.29, 1.82) is 0 Å². The third-order valence-electron chi connectivity index (χ3n) is 4.22. The molecule has 0 saturated heterocycles. The molecule has 6 heteroatoms. The summed E-state index contributed by atoms with van der Waals surface area (Å²) in [6, 6.07) is 8.92. The van der Waals surface area contributed by atoms with E-state index in [4.69, 9.17) is 0 Å². The Labute approximate surface area is 144 Å². The van der Waals surface area contributed by atoms with E-state index in [2.05, 4.69) is 11.4 Å². The van der Waals surface area contributed by atoms with Gasteiger partial charge in [0.25, 0.3) is 5.91 Å². The number of amides is 1. The molecule has 1 aromatic rings. The number of allylic oxidation sites excluding steroid dienone is 1. The summed E-state index contributed by atoms with van der Waals surface area (Å²) in [7, 11) is -3.27. The summed E-state index contributed by atoms with van der Waals surface area (Å²) in [5.41, 5.74) is 1.93. The van der Waals surface area contributed by atoms with Crippen molar-refractivity contribution in [3.8, 4) is 0 Å². The topological polar surface area (TPSA) is 66.5 Å². The van der Waals surface area contributed by atoms with Crippen molar-refractivity contribution in [3.63, 3.8) is 0 Å². The summed E-state index contributed by atoms with van der Waals surface area (Å²) in [5, 5.41) is 2.78. The first-order valence-electron chi connectivity index (χ1n) is 8.43. The van der Waals surface area contributed by atoms with Gasteiger partial charge in [-0.1, -0.05) is 29.8 Å². The molecule has 1 aliphatic rings. The van der Waals surface area contributed by atoms with Crippen LogP contribution in [0.25, 0.3) is 0 Å². The van der Waals surface area contributed by atoms with E-state index in [-0.39, 0.29) is 5.91 Å². The average molecular weight is 350 g/mol. The maximum atomic E-state index is 12.0. The minimum absolute atomic E-state index is 0.181. The van der Waals surface area contributed by atoms with E-state index in [0.717, 1.165) is 19.3 Å². The molecule has 2 rings (SSSR count). The Kier molecular flexibility index (Phi) is 6.99. The molecule has 24 heavy (non-hydrogen) atoms. The number of hydrogen-bond acceptors (Lipinski definition) is 3. The lowest BCUT2D eigenvalue weighted by Gasteiger charge is -2.22. The summed E-state index contributed by atoms with van der Waals surface area (Å²) >= 11 is 0. The van der Waals surface area contributed by atoms with Gasteiger partial charge in [-0.3, -0.25) is 4.79 Å². The van der Waals surface area contributed by atoms with Crippen molar-refractivity contribution in [3.05, 3.63) is 47.5 Å². The number of rotatable bonds is 8. The van der Waals surface area contributed by atoms with E-state index in [9.17, 15) is 13.2 Å². The Bertz CT molecular complexity index is 669. The largest absolute Gasteiger partial charge is 0.351 e. The van der Waals surface area contributed by atoms with Crippen LogP contribution in [0, 0.1) is 0 Å². The number of sulfonamides is 1. The zero-order chi connectivity index (χ0) is 17.4. The van der Waals surface area contributed by atoms with E-state index in [0.29, 0.717) is 25.2 Å². The van der Waals surface area contributed by atoms with Gasteiger partial charge in [0.15, 0.2) is 0 Å². The fraction of sp³-hybridized carbons (Fsp3) is 0.500. The van der Waals surface area contributed by atoms with Gasteiger partial charge >= 0.3 is 0 Å². The van der Waals surface area contributed by atoms with Crippen molar-refractivity contribution < 1.29 is 13.2 Å². The molecule has 5 nitrogen and oxygen atoms in total. The Morgan fingerprint density at radius 1 is 1.17 bits per heavy atom. The molecule has 0 spiro atoms. The van der Waals surface area contributed by atoms with Gasteiger partial charge in [0.05, 0.1) is 6.26 Å². The van der Waals surface area contributed by atoms with Crippen LogP contribution in [-0.2, 0) is 10.0 Å². The highest BCUT2D eigenvalue weighted by molar-refractivity contribution is 7.88. The fourth-order valence-corrected chi connectivity index (χ4v) is 3.68. The molecule has 0 heterocycles. The van der Waals surface area contributed by atoms with Crippen LogP contribution in [0.1, 0.15) is 42.5 Å². The molecule has 1 N–H and O–H groups in total. The predicted octanol–water partition coefficient (Wildman–Crippen LogP) is 2.57. The predicted molar refractivity (Wildman–Crippen MR) is 96.4 cm³/mol. The molecular weight excluding hydrogens is 324 g/mol. The smallest absolute Gasteiger partial charge is 0.251 e. The number of hydrogen-bond donors (Lipinski definition) is 1. The molecule has 0 aromatic heterocycles. The van der Waals surface area contributed by atoms with Gasteiger partial charge in [0, 0.05) is 25.2 Å². The maximum Gasteiger partial charge on any atom is 0.251 e. The number of nitrogens with zero attached hydrogens (tertiary/aromatic N) is 1. The quantitative estimate of drug-likeness (QED) is 0.733.